The Morgan fingerprint density at radius 3 is 0.747 bits per heavy atom. The van der Waals surface area contributed by atoms with Gasteiger partial charge in [-0.3, -0.25) is 14.4 Å². The number of allylic oxidation sites excluding steroid dienone is 18. The highest BCUT2D eigenvalue weighted by molar-refractivity contribution is 5.71. The van der Waals surface area contributed by atoms with Crippen molar-refractivity contribution in [2.45, 2.75) is 348 Å². The first-order chi connectivity index (χ1) is 41.0. The van der Waals surface area contributed by atoms with Gasteiger partial charge in [-0.05, 0) is 103 Å². The fourth-order valence-corrected chi connectivity index (χ4v) is 10.1. The molecule has 0 saturated carbocycles. The molecule has 1 unspecified atom stereocenters. The quantitative estimate of drug-likeness (QED) is 0.0261. The zero-order chi connectivity index (χ0) is 59.9. The smallest absolute Gasteiger partial charge is 0.306 e. The maximum absolute atomic E-state index is 13.0. The summed E-state index contributed by atoms with van der Waals surface area (Å²) >= 11 is 0. The molecule has 83 heavy (non-hydrogen) atoms. The van der Waals surface area contributed by atoms with E-state index >= 15 is 0 Å². The summed E-state index contributed by atoms with van der Waals surface area (Å²) in [5.74, 6) is -0.906. The lowest BCUT2D eigenvalue weighted by molar-refractivity contribution is -0.167. The molecule has 0 heterocycles. The van der Waals surface area contributed by atoms with Gasteiger partial charge in [0.25, 0.3) is 0 Å². The summed E-state index contributed by atoms with van der Waals surface area (Å²) in [6, 6.07) is 0. The van der Waals surface area contributed by atoms with Crippen molar-refractivity contribution in [1.82, 2.24) is 0 Å². The average molecular weight is 1150 g/mol. The van der Waals surface area contributed by atoms with E-state index in [-0.39, 0.29) is 31.1 Å². The van der Waals surface area contributed by atoms with Gasteiger partial charge in [0.05, 0.1) is 0 Å². The Kier molecular flexibility index (Phi) is 67.2. The fourth-order valence-electron chi connectivity index (χ4n) is 10.1. The number of unbranched alkanes of at least 4 members (excludes halogenated alkanes) is 35. The molecular formula is C77H132O6. The molecule has 0 saturated heterocycles. The molecule has 0 amide bonds. The number of hydrogen-bond acceptors (Lipinski definition) is 6. The molecule has 0 spiro atoms. The van der Waals surface area contributed by atoms with Crippen LogP contribution >= 0.6 is 0 Å². The summed E-state index contributed by atoms with van der Waals surface area (Å²) in [6.07, 6.45) is 96.8. The van der Waals surface area contributed by atoms with Crippen molar-refractivity contribution in [2.24, 2.45) is 0 Å². The molecular weight excluding hydrogens is 1020 g/mol. The Bertz CT molecular complexity index is 1660. The van der Waals surface area contributed by atoms with Gasteiger partial charge in [0.2, 0.25) is 0 Å². The Morgan fingerprint density at radius 2 is 0.470 bits per heavy atom. The monoisotopic (exact) mass is 1150 g/mol. The molecule has 0 radical (unpaired) electrons. The van der Waals surface area contributed by atoms with Crippen LogP contribution < -0.4 is 0 Å². The van der Waals surface area contributed by atoms with Crippen molar-refractivity contribution in [3.05, 3.63) is 109 Å². The third kappa shape index (κ3) is 68.7. The van der Waals surface area contributed by atoms with Crippen molar-refractivity contribution in [3.63, 3.8) is 0 Å². The van der Waals surface area contributed by atoms with Crippen molar-refractivity contribution >= 4 is 17.9 Å². The summed E-state index contributed by atoms with van der Waals surface area (Å²) in [4.78, 5) is 38.5. The maximum Gasteiger partial charge on any atom is 0.306 e. The zero-order valence-electron chi connectivity index (χ0n) is 54.7. The molecule has 0 fully saturated rings. The molecule has 0 N–H and O–H groups in total. The molecule has 0 aromatic carbocycles. The molecule has 0 bridgehead atoms. The first-order valence-electron chi connectivity index (χ1n) is 35.4. The fraction of sp³-hybridized carbons (Fsp3) is 0.727. The minimum absolute atomic E-state index is 0.0876. The lowest BCUT2D eigenvalue weighted by Gasteiger charge is -2.18. The number of carbonyl (C=O) groups is 3. The van der Waals surface area contributed by atoms with E-state index in [9.17, 15) is 14.4 Å². The highest BCUT2D eigenvalue weighted by Gasteiger charge is 2.19. The topological polar surface area (TPSA) is 78.9 Å². The van der Waals surface area contributed by atoms with Gasteiger partial charge in [0.1, 0.15) is 13.2 Å². The first-order valence-corrected chi connectivity index (χ1v) is 35.4. The number of rotatable bonds is 64. The summed E-state index contributed by atoms with van der Waals surface area (Å²) in [6.45, 7) is 6.43. The number of hydrogen-bond donors (Lipinski definition) is 0. The average Bonchev–Trinajstić information content (AvgIpc) is 3.49. The van der Waals surface area contributed by atoms with E-state index in [1.54, 1.807) is 0 Å². The molecule has 0 rings (SSSR count). The van der Waals surface area contributed by atoms with Crippen LogP contribution in [0, 0.1) is 0 Å². The highest BCUT2D eigenvalue weighted by atomic mass is 16.6. The van der Waals surface area contributed by atoms with E-state index in [1.165, 1.54) is 180 Å². The number of ether oxygens (including phenoxy) is 3. The van der Waals surface area contributed by atoms with Crippen molar-refractivity contribution in [3.8, 4) is 0 Å². The summed E-state index contributed by atoms with van der Waals surface area (Å²) < 4.78 is 17.0. The van der Waals surface area contributed by atoms with Crippen LogP contribution in [0.3, 0.4) is 0 Å². The second kappa shape index (κ2) is 70.6. The van der Waals surface area contributed by atoms with Gasteiger partial charge in [0, 0.05) is 19.3 Å². The lowest BCUT2D eigenvalue weighted by atomic mass is 10.0. The summed E-state index contributed by atoms with van der Waals surface area (Å²) in [5.41, 5.74) is 0. The van der Waals surface area contributed by atoms with E-state index in [2.05, 4.69) is 130 Å². The van der Waals surface area contributed by atoms with E-state index in [0.29, 0.717) is 19.3 Å². The van der Waals surface area contributed by atoms with Gasteiger partial charge in [-0.2, -0.15) is 0 Å². The van der Waals surface area contributed by atoms with Crippen molar-refractivity contribution in [2.75, 3.05) is 13.2 Å². The third-order valence-corrected chi connectivity index (χ3v) is 15.3. The summed E-state index contributed by atoms with van der Waals surface area (Å²) in [7, 11) is 0. The van der Waals surface area contributed by atoms with Crippen LogP contribution in [-0.4, -0.2) is 37.2 Å². The minimum Gasteiger partial charge on any atom is -0.462 e. The number of esters is 3. The SMILES string of the molecule is CC/C=C\C/C=C\C/C=C\C/C=C\C/C=C\CCCCCC(=O)OCC(COC(=O)CCCCCCCCCCCCCC/C=C\C/C=C\C/C=C\C/C=C\CC)OC(=O)CCCCCCCCCCCCCCCCCCCCCCC. The Labute approximate surface area is 514 Å². The van der Waals surface area contributed by atoms with Crippen molar-refractivity contribution in [1.29, 1.82) is 0 Å². The third-order valence-electron chi connectivity index (χ3n) is 15.3. The van der Waals surface area contributed by atoms with Crippen LogP contribution in [0.1, 0.15) is 342 Å². The Hall–Kier alpha value is -3.93. The Morgan fingerprint density at radius 1 is 0.253 bits per heavy atom. The maximum atomic E-state index is 13.0. The lowest BCUT2D eigenvalue weighted by Crippen LogP contribution is -2.30. The number of carbonyl (C=O) groups excluding carboxylic acids is 3. The largest absolute Gasteiger partial charge is 0.462 e. The van der Waals surface area contributed by atoms with Gasteiger partial charge >= 0.3 is 17.9 Å². The van der Waals surface area contributed by atoms with Crippen molar-refractivity contribution < 1.29 is 28.6 Å². The molecule has 1 atom stereocenters. The van der Waals surface area contributed by atoms with Crippen LogP contribution in [0.2, 0.25) is 0 Å². The predicted molar refractivity (Wildman–Crippen MR) is 362 cm³/mol. The molecule has 0 aliphatic carbocycles. The molecule has 476 valence electrons. The zero-order valence-corrected chi connectivity index (χ0v) is 54.7. The van der Waals surface area contributed by atoms with E-state index in [1.807, 2.05) is 0 Å². The minimum atomic E-state index is -0.795. The first kappa shape index (κ1) is 79.1. The normalized spacial score (nSPS) is 12.8. The summed E-state index contributed by atoms with van der Waals surface area (Å²) in [5, 5.41) is 0. The molecule has 6 heteroatoms. The Balaban J connectivity index is 4.39. The van der Waals surface area contributed by atoms with Gasteiger partial charge in [-0.15, -0.1) is 0 Å². The second-order valence-corrected chi connectivity index (χ2v) is 23.4. The molecule has 0 aromatic heterocycles. The molecule has 6 nitrogen and oxygen atoms in total. The molecule has 0 aromatic rings. The van der Waals surface area contributed by atoms with E-state index in [4.69, 9.17) is 14.2 Å². The molecule has 0 aliphatic rings. The van der Waals surface area contributed by atoms with E-state index < -0.39 is 6.10 Å². The highest BCUT2D eigenvalue weighted by Crippen LogP contribution is 2.18. The van der Waals surface area contributed by atoms with Gasteiger partial charge in [0.15, 0.2) is 6.10 Å². The standard InChI is InChI=1S/C77H132O6/c1-4-7-10-13-16-19-22-25-28-31-34-36-37-38-39-41-43-46-49-52-55-58-61-64-67-70-76(79)82-73-74(72-81-75(78)69-66-63-60-57-54-51-48-45-42-33-30-27-24-21-18-15-12-9-6-3)83-77(80)71-68-65-62-59-56-53-50-47-44-40-35-32-29-26-23-20-17-14-11-8-5-2/h7,9-10,12,16,18-19,21,25,27-28,30,34,36,42,45,51,54,74H,4-6,8,11,13-15,17,20,22-24,26,29,31-33,35,37-41,43-44,46-50,52-53,55-73H2,1-3H3/b10-7-,12-9-,19-16-,21-18-,28-25-,30-27-,36-34-,45-42-,54-51-. The van der Waals surface area contributed by atoms with E-state index in [0.717, 1.165) is 122 Å². The van der Waals surface area contributed by atoms with Crippen LogP contribution in [0.5, 0.6) is 0 Å². The van der Waals surface area contributed by atoms with Gasteiger partial charge in [-0.25, -0.2) is 0 Å². The van der Waals surface area contributed by atoms with Gasteiger partial charge < -0.3 is 14.2 Å². The van der Waals surface area contributed by atoms with Crippen LogP contribution in [0.15, 0.2) is 109 Å². The van der Waals surface area contributed by atoms with Crippen LogP contribution in [0.25, 0.3) is 0 Å². The molecule has 0 aliphatic heterocycles. The van der Waals surface area contributed by atoms with Gasteiger partial charge in [-0.1, -0.05) is 329 Å². The van der Waals surface area contributed by atoms with Crippen LogP contribution in [0.4, 0.5) is 0 Å². The second-order valence-electron chi connectivity index (χ2n) is 23.4. The van der Waals surface area contributed by atoms with Crippen LogP contribution in [-0.2, 0) is 28.6 Å². The predicted octanol–water partition coefficient (Wildman–Crippen LogP) is 24.6.